The van der Waals surface area contributed by atoms with E-state index < -0.39 is 5.97 Å². The Hall–Kier alpha value is -2.53. The van der Waals surface area contributed by atoms with Gasteiger partial charge in [-0.05, 0) is 24.3 Å². The van der Waals surface area contributed by atoms with Gasteiger partial charge in [0.05, 0.1) is 5.69 Å². The molecule has 5 nitrogen and oxygen atoms in total. The summed E-state index contributed by atoms with van der Waals surface area (Å²) in [6.45, 7) is -0.269. The standard InChI is InChI=1S/C14H14N2O3/c15-16(10-14(17)18)11-5-4-8-13(9-11)19-12-6-2-1-3-7-12/h1-9H,10,15H2,(H,17,18). The molecule has 0 aliphatic carbocycles. The van der Waals surface area contributed by atoms with E-state index in [1.54, 1.807) is 24.3 Å². The Balaban J connectivity index is 2.13. The maximum Gasteiger partial charge on any atom is 0.324 e. The highest BCUT2D eigenvalue weighted by atomic mass is 16.5. The second kappa shape index (κ2) is 5.88. The molecule has 98 valence electrons. The molecule has 0 aromatic heterocycles. The molecule has 0 amide bonds. The van der Waals surface area contributed by atoms with Gasteiger partial charge in [0.1, 0.15) is 18.0 Å². The van der Waals surface area contributed by atoms with E-state index in [4.69, 9.17) is 15.7 Å². The quantitative estimate of drug-likeness (QED) is 0.635. The molecule has 2 rings (SSSR count). The van der Waals surface area contributed by atoms with Crippen LogP contribution in [0.15, 0.2) is 54.6 Å². The highest BCUT2D eigenvalue weighted by Gasteiger charge is 2.07. The van der Waals surface area contributed by atoms with Crippen molar-refractivity contribution in [1.29, 1.82) is 0 Å². The minimum absolute atomic E-state index is 0.269. The summed E-state index contributed by atoms with van der Waals surface area (Å²) in [5, 5.41) is 9.85. The molecule has 2 aromatic rings. The summed E-state index contributed by atoms with van der Waals surface area (Å²) in [5.41, 5.74) is 0.579. The van der Waals surface area contributed by atoms with Crippen molar-refractivity contribution in [3.63, 3.8) is 0 Å². The molecule has 0 saturated carbocycles. The van der Waals surface area contributed by atoms with Crippen molar-refractivity contribution in [3.8, 4) is 11.5 Å². The number of carbonyl (C=O) groups is 1. The second-order valence-corrected chi connectivity index (χ2v) is 3.93. The molecule has 0 fully saturated rings. The largest absolute Gasteiger partial charge is 0.480 e. The highest BCUT2D eigenvalue weighted by molar-refractivity contribution is 5.73. The van der Waals surface area contributed by atoms with Gasteiger partial charge < -0.3 is 9.84 Å². The van der Waals surface area contributed by atoms with Crippen LogP contribution in [-0.2, 0) is 4.79 Å². The zero-order valence-electron chi connectivity index (χ0n) is 10.2. The number of nitrogens with zero attached hydrogens (tertiary/aromatic N) is 1. The maximum absolute atomic E-state index is 10.6. The molecule has 19 heavy (non-hydrogen) atoms. The molecule has 0 bridgehead atoms. The van der Waals surface area contributed by atoms with E-state index in [1.807, 2.05) is 30.3 Å². The number of anilines is 1. The van der Waals surface area contributed by atoms with Gasteiger partial charge in [0.15, 0.2) is 0 Å². The van der Waals surface area contributed by atoms with Crippen LogP contribution in [0.4, 0.5) is 5.69 Å². The van der Waals surface area contributed by atoms with Gasteiger partial charge in [-0.2, -0.15) is 0 Å². The summed E-state index contributed by atoms with van der Waals surface area (Å²) in [5.74, 6) is 5.98. The zero-order chi connectivity index (χ0) is 13.7. The molecule has 0 aliphatic heterocycles. The lowest BCUT2D eigenvalue weighted by Crippen LogP contribution is -2.35. The Kier molecular flexibility index (Phi) is 4.00. The van der Waals surface area contributed by atoms with Crippen LogP contribution in [0, 0.1) is 0 Å². The van der Waals surface area contributed by atoms with Gasteiger partial charge in [0, 0.05) is 6.07 Å². The van der Waals surface area contributed by atoms with E-state index in [9.17, 15) is 4.79 Å². The Morgan fingerprint density at radius 2 is 1.79 bits per heavy atom. The van der Waals surface area contributed by atoms with Crippen molar-refractivity contribution in [3.05, 3.63) is 54.6 Å². The number of hydrogen-bond acceptors (Lipinski definition) is 4. The van der Waals surface area contributed by atoms with Crippen molar-refractivity contribution >= 4 is 11.7 Å². The third-order valence-electron chi connectivity index (χ3n) is 2.43. The summed E-state index contributed by atoms with van der Waals surface area (Å²) >= 11 is 0. The van der Waals surface area contributed by atoms with E-state index in [0.29, 0.717) is 17.2 Å². The summed E-state index contributed by atoms with van der Waals surface area (Å²) in [4.78, 5) is 10.6. The number of para-hydroxylation sites is 1. The van der Waals surface area contributed by atoms with Gasteiger partial charge in [-0.1, -0.05) is 24.3 Å². The predicted octanol–water partition coefficient (Wildman–Crippen LogP) is 2.24. The monoisotopic (exact) mass is 258 g/mol. The third-order valence-corrected chi connectivity index (χ3v) is 2.43. The number of hydrazine groups is 1. The summed E-state index contributed by atoms with van der Waals surface area (Å²) in [6.07, 6.45) is 0. The molecule has 3 N–H and O–H groups in total. The zero-order valence-corrected chi connectivity index (χ0v) is 10.2. The molecular formula is C14H14N2O3. The predicted molar refractivity (Wildman–Crippen MR) is 72.1 cm³/mol. The van der Waals surface area contributed by atoms with E-state index in [1.165, 1.54) is 0 Å². The first kappa shape index (κ1) is 12.9. The first-order valence-electron chi connectivity index (χ1n) is 5.72. The fraction of sp³-hybridized carbons (Fsp3) is 0.0714. The molecule has 5 heteroatoms. The van der Waals surface area contributed by atoms with Crippen LogP contribution in [0.3, 0.4) is 0 Å². The van der Waals surface area contributed by atoms with Crippen LogP contribution in [0.2, 0.25) is 0 Å². The average Bonchev–Trinajstić information content (AvgIpc) is 2.39. The minimum atomic E-state index is -0.989. The Bertz CT molecular complexity index is 558. The minimum Gasteiger partial charge on any atom is -0.480 e. The smallest absolute Gasteiger partial charge is 0.324 e. The van der Waals surface area contributed by atoms with Crippen molar-refractivity contribution in [2.45, 2.75) is 0 Å². The number of ether oxygens (including phenoxy) is 1. The van der Waals surface area contributed by atoms with Crippen LogP contribution in [0.5, 0.6) is 11.5 Å². The number of carboxylic acid groups (broad SMARTS) is 1. The molecule has 0 atom stereocenters. The molecule has 0 unspecified atom stereocenters. The van der Waals surface area contributed by atoms with Crippen molar-refractivity contribution < 1.29 is 14.6 Å². The Morgan fingerprint density at radius 3 is 2.47 bits per heavy atom. The van der Waals surface area contributed by atoms with Gasteiger partial charge >= 0.3 is 5.97 Å². The topological polar surface area (TPSA) is 75.8 Å². The van der Waals surface area contributed by atoms with Gasteiger partial charge in [0.25, 0.3) is 0 Å². The number of nitrogens with two attached hydrogens (primary N) is 1. The van der Waals surface area contributed by atoms with Gasteiger partial charge in [0.2, 0.25) is 0 Å². The molecule has 0 spiro atoms. The molecule has 0 radical (unpaired) electrons. The number of benzene rings is 2. The lowest BCUT2D eigenvalue weighted by atomic mass is 10.3. The van der Waals surface area contributed by atoms with Crippen molar-refractivity contribution in [2.75, 3.05) is 11.6 Å². The molecule has 0 aliphatic rings. The molecule has 0 saturated heterocycles. The van der Waals surface area contributed by atoms with E-state index in [-0.39, 0.29) is 6.54 Å². The van der Waals surface area contributed by atoms with E-state index in [0.717, 1.165) is 5.01 Å². The molecular weight excluding hydrogens is 244 g/mol. The van der Waals surface area contributed by atoms with E-state index in [2.05, 4.69) is 0 Å². The van der Waals surface area contributed by atoms with Crippen LogP contribution in [-0.4, -0.2) is 17.6 Å². The fourth-order valence-corrected chi connectivity index (χ4v) is 1.59. The lowest BCUT2D eigenvalue weighted by molar-refractivity contribution is -0.135. The molecule has 2 aromatic carbocycles. The average molecular weight is 258 g/mol. The van der Waals surface area contributed by atoms with Crippen LogP contribution < -0.4 is 15.6 Å². The van der Waals surface area contributed by atoms with Crippen LogP contribution in [0.1, 0.15) is 0 Å². The number of rotatable bonds is 5. The third kappa shape index (κ3) is 3.72. The van der Waals surface area contributed by atoms with Gasteiger partial charge in [-0.15, -0.1) is 0 Å². The summed E-state index contributed by atoms with van der Waals surface area (Å²) in [6, 6.07) is 16.3. The summed E-state index contributed by atoms with van der Waals surface area (Å²) in [7, 11) is 0. The molecule has 0 heterocycles. The van der Waals surface area contributed by atoms with E-state index >= 15 is 0 Å². The number of carboxylic acids is 1. The van der Waals surface area contributed by atoms with Gasteiger partial charge in [-0.25, -0.2) is 5.84 Å². The number of hydrogen-bond donors (Lipinski definition) is 2. The normalized spacial score (nSPS) is 9.95. The fourth-order valence-electron chi connectivity index (χ4n) is 1.59. The second-order valence-electron chi connectivity index (χ2n) is 3.93. The highest BCUT2D eigenvalue weighted by Crippen LogP contribution is 2.24. The van der Waals surface area contributed by atoms with Crippen LogP contribution in [0.25, 0.3) is 0 Å². The Morgan fingerprint density at radius 1 is 1.11 bits per heavy atom. The van der Waals surface area contributed by atoms with Crippen LogP contribution >= 0.6 is 0 Å². The first-order chi connectivity index (χ1) is 9.15. The van der Waals surface area contributed by atoms with Crippen molar-refractivity contribution in [1.82, 2.24) is 0 Å². The van der Waals surface area contributed by atoms with Gasteiger partial charge in [-0.3, -0.25) is 9.80 Å². The SMILES string of the molecule is NN(CC(=O)O)c1cccc(Oc2ccccc2)c1. The number of aliphatic carboxylic acids is 1. The Labute approximate surface area is 110 Å². The first-order valence-corrected chi connectivity index (χ1v) is 5.72. The lowest BCUT2D eigenvalue weighted by Gasteiger charge is -2.17. The van der Waals surface area contributed by atoms with Crippen molar-refractivity contribution in [2.24, 2.45) is 5.84 Å². The maximum atomic E-state index is 10.6. The summed E-state index contributed by atoms with van der Waals surface area (Å²) < 4.78 is 5.64.